The Morgan fingerprint density at radius 1 is 1.30 bits per heavy atom. The second-order valence-electron chi connectivity index (χ2n) is 5.15. The second-order valence-corrected chi connectivity index (χ2v) is 5.15. The summed E-state index contributed by atoms with van der Waals surface area (Å²) >= 11 is 0. The zero-order chi connectivity index (χ0) is 14.3. The minimum absolute atomic E-state index is 0.397. The average Bonchev–Trinajstić information content (AvgIpc) is 3.24. The van der Waals surface area contributed by atoms with E-state index in [1.165, 1.54) is 4.90 Å². The fourth-order valence-electron chi connectivity index (χ4n) is 2.55. The molecule has 6 heteroatoms. The maximum Gasteiger partial charge on any atom is 0.316 e. The van der Waals surface area contributed by atoms with Gasteiger partial charge in [-0.15, -0.1) is 0 Å². The molecule has 0 unspecified atom stereocenters. The highest BCUT2D eigenvalue weighted by atomic mass is 16.4. The van der Waals surface area contributed by atoms with E-state index in [0.29, 0.717) is 37.2 Å². The number of nitrogens with zero attached hydrogens (tertiary/aromatic N) is 1. The van der Waals surface area contributed by atoms with Crippen LogP contribution in [0.1, 0.15) is 18.4 Å². The van der Waals surface area contributed by atoms with E-state index in [2.05, 4.69) is 5.32 Å². The van der Waals surface area contributed by atoms with E-state index in [-0.39, 0.29) is 0 Å². The summed E-state index contributed by atoms with van der Waals surface area (Å²) < 4.78 is 0. The Morgan fingerprint density at radius 2 is 2.05 bits per heavy atom. The number of hydrogen-bond acceptors (Lipinski definition) is 3. The number of carbonyl (C=O) groups is 3. The summed E-state index contributed by atoms with van der Waals surface area (Å²) in [6, 6.07) is 6.92. The molecule has 6 nitrogen and oxygen atoms in total. The molecule has 1 aromatic rings. The van der Waals surface area contributed by atoms with Crippen LogP contribution in [-0.4, -0.2) is 36.0 Å². The Kier molecular flexibility index (Phi) is 2.74. The summed E-state index contributed by atoms with van der Waals surface area (Å²) in [4.78, 5) is 36.0. The Morgan fingerprint density at radius 3 is 2.70 bits per heavy atom. The zero-order valence-corrected chi connectivity index (χ0v) is 10.8. The predicted octanol–water partition coefficient (Wildman–Crippen LogP) is 0.266. The lowest BCUT2D eigenvalue weighted by Crippen LogP contribution is -2.52. The number of anilines is 1. The smallest absolute Gasteiger partial charge is 0.316 e. The van der Waals surface area contributed by atoms with E-state index in [1.54, 1.807) is 24.3 Å². The third-order valence-electron chi connectivity index (χ3n) is 3.93. The summed E-state index contributed by atoms with van der Waals surface area (Å²) in [7, 11) is 0. The highest BCUT2D eigenvalue weighted by molar-refractivity contribution is 6.41. The molecule has 20 heavy (non-hydrogen) atoms. The molecule has 104 valence electrons. The second kappa shape index (κ2) is 4.33. The quantitative estimate of drug-likeness (QED) is 0.774. The van der Waals surface area contributed by atoms with Crippen molar-refractivity contribution >= 4 is 23.5 Å². The van der Waals surface area contributed by atoms with Crippen molar-refractivity contribution in [3.05, 3.63) is 29.8 Å². The van der Waals surface area contributed by atoms with Gasteiger partial charge in [0.15, 0.2) is 0 Å². The minimum Gasteiger partial charge on any atom is -0.481 e. The van der Waals surface area contributed by atoms with Crippen LogP contribution in [0.15, 0.2) is 24.3 Å². The van der Waals surface area contributed by atoms with Crippen molar-refractivity contribution in [2.24, 2.45) is 0 Å². The highest BCUT2D eigenvalue weighted by Crippen LogP contribution is 2.49. The van der Waals surface area contributed by atoms with Gasteiger partial charge in [-0.25, -0.2) is 0 Å². The molecular weight excluding hydrogens is 260 g/mol. The first-order valence-corrected chi connectivity index (χ1v) is 6.48. The molecule has 3 rings (SSSR count). The van der Waals surface area contributed by atoms with Crippen molar-refractivity contribution in [1.29, 1.82) is 0 Å². The number of carboxylic acid groups (broad SMARTS) is 1. The fourth-order valence-corrected chi connectivity index (χ4v) is 2.55. The molecule has 0 aromatic heterocycles. The van der Waals surface area contributed by atoms with Crippen LogP contribution in [0.4, 0.5) is 5.69 Å². The first kappa shape index (κ1) is 12.7. The normalized spacial score (nSPS) is 20.5. The molecule has 1 aliphatic heterocycles. The lowest BCUT2D eigenvalue weighted by Gasteiger charge is -2.27. The minimum atomic E-state index is -0.836. The van der Waals surface area contributed by atoms with Gasteiger partial charge in [0.05, 0.1) is 5.41 Å². The van der Waals surface area contributed by atoms with Crippen LogP contribution in [0.3, 0.4) is 0 Å². The van der Waals surface area contributed by atoms with Crippen LogP contribution in [-0.2, 0) is 19.8 Å². The molecule has 2 amide bonds. The monoisotopic (exact) mass is 274 g/mol. The number of carboxylic acids is 1. The van der Waals surface area contributed by atoms with E-state index >= 15 is 0 Å². The number of carbonyl (C=O) groups excluding carboxylic acids is 2. The van der Waals surface area contributed by atoms with Crippen molar-refractivity contribution in [2.45, 2.75) is 18.3 Å². The predicted molar refractivity (Wildman–Crippen MR) is 70.4 cm³/mol. The summed E-state index contributed by atoms with van der Waals surface area (Å²) in [6.45, 7) is 0.799. The van der Waals surface area contributed by atoms with Gasteiger partial charge in [0.1, 0.15) is 0 Å². The summed E-state index contributed by atoms with van der Waals surface area (Å²) in [5.41, 5.74) is 0.466. The van der Waals surface area contributed by atoms with Crippen LogP contribution >= 0.6 is 0 Å². The molecule has 2 N–H and O–H groups in total. The van der Waals surface area contributed by atoms with Crippen LogP contribution in [0.5, 0.6) is 0 Å². The number of nitrogens with one attached hydrogen (secondary N) is 1. The van der Waals surface area contributed by atoms with Crippen molar-refractivity contribution in [2.75, 3.05) is 18.0 Å². The van der Waals surface area contributed by atoms with E-state index in [9.17, 15) is 19.5 Å². The molecular formula is C14H14N2O4. The number of piperazine rings is 1. The molecule has 0 atom stereocenters. The van der Waals surface area contributed by atoms with Crippen molar-refractivity contribution in [3.63, 3.8) is 0 Å². The first-order valence-electron chi connectivity index (χ1n) is 6.48. The first-order chi connectivity index (χ1) is 9.54. The Bertz CT molecular complexity index is 607. The van der Waals surface area contributed by atoms with Crippen LogP contribution in [0, 0.1) is 0 Å². The van der Waals surface area contributed by atoms with Crippen molar-refractivity contribution in [3.8, 4) is 0 Å². The van der Waals surface area contributed by atoms with E-state index < -0.39 is 23.2 Å². The van der Waals surface area contributed by atoms with Crippen molar-refractivity contribution < 1.29 is 19.5 Å². The lowest BCUT2D eigenvalue weighted by atomic mass is 9.95. The van der Waals surface area contributed by atoms with Crippen LogP contribution < -0.4 is 10.2 Å². The summed E-state index contributed by atoms with van der Waals surface area (Å²) in [5.74, 6) is -2.06. The molecule has 1 aromatic carbocycles. The van der Waals surface area contributed by atoms with Gasteiger partial charge in [-0.2, -0.15) is 0 Å². The molecule has 0 radical (unpaired) electrons. The van der Waals surface area contributed by atoms with Gasteiger partial charge in [0.25, 0.3) is 0 Å². The lowest BCUT2D eigenvalue weighted by molar-refractivity contribution is -0.140. The number of amides is 2. The molecule has 1 aliphatic carbocycles. The number of aliphatic carboxylic acids is 1. The zero-order valence-electron chi connectivity index (χ0n) is 10.8. The Hall–Kier alpha value is -2.37. The van der Waals surface area contributed by atoms with Crippen LogP contribution in [0.2, 0.25) is 0 Å². The third kappa shape index (κ3) is 1.84. The van der Waals surface area contributed by atoms with Gasteiger partial charge in [-0.3, -0.25) is 14.4 Å². The topological polar surface area (TPSA) is 86.7 Å². The standard InChI is InChI=1S/C14H14N2O4/c17-11-12(18)16(7-6-15-11)10-3-1-2-9(8-10)14(4-5-14)13(19)20/h1-3,8H,4-7H2,(H,15,17)(H,19,20). The van der Waals surface area contributed by atoms with Gasteiger partial charge < -0.3 is 15.3 Å². The van der Waals surface area contributed by atoms with Gasteiger partial charge in [0.2, 0.25) is 0 Å². The fraction of sp³-hybridized carbons (Fsp3) is 0.357. The van der Waals surface area contributed by atoms with Gasteiger partial charge >= 0.3 is 17.8 Å². The molecule has 0 spiro atoms. The Labute approximate surface area is 115 Å². The number of benzene rings is 1. The number of hydrogen-bond donors (Lipinski definition) is 2. The van der Waals surface area contributed by atoms with Gasteiger partial charge in [-0.05, 0) is 30.5 Å². The molecule has 1 heterocycles. The SMILES string of the molecule is O=C1NCCN(c2cccc(C3(C(=O)O)CC3)c2)C1=O. The van der Waals surface area contributed by atoms with Gasteiger partial charge in [-0.1, -0.05) is 12.1 Å². The molecule has 0 bridgehead atoms. The third-order valence-corrected chi connectivity index (χ3v) is 3.93. The van der Waals surface area contributed by atoms with Gasteiger partial charge in [0, 0.05) is 18.8 Å². The Balaban J connectivity index is 1.94. The van der Waals surface area contributed by atoms with E-state index in [1.807, 2.05) is 0 Å². The maximum absolute atomic E-state index is 11.8. The molecule has 2 aliphatic rings. The number of rotatable bonds is 3. The highest BCUT2D eigenvalue weighted by Gasteiger charge is 2.51. The molecule has 2 fully saturated rings. The summed E-state index contributed by atoms with van der Waals surface area (Å²) in [6.07, 6.45) is 1.22. The summed E-state index contributed by atoms with van der Waals surface area (Å²) in [5, 5.41) is 11.8. The molecule has 1 saturated carbocycles. The average molecular weight is 274 g/mol. The van der Waals surface area contributed by atoms with E-state index in [4.69, 9.17) is 0 Å². The molecule has 1 saturated heterocycles. The maximum atomic E-state index is 11.8. The largest absolute Gasteiger partial charge is 0.481 e. The van der Waals surface area contributed by atoms with E-state index in [0.717, 1.165) is 0 Å². The van der Waals surface area contributed by atoms with Crippen molar-refractivity contribution in [1.82, 2.24) is 5.32 Å². The van der Waals surface area contributed by atoms with Crippen LogP contribution in [0.25, 0.3) is 0 Å².